The molecular formula is C14H25NO3. The lowest BCUT2D eigenvalue weighted by atomic mass is 9.69. The first-order chi connectivity index (χ1) is 8.73. The van der Waals surface area contributed by atoms with Gasteiger partial charge in [0.1, 0.15) is 0 Å². The molecule has 0 aromatic carbocycles. The molecule has 0 amide bonds. The summed E-state index contributed by atoms with van der Waals surface area (Å²) in [6, 6.07) is 0. The van der Waals surface area contributed by atoms with Gasteiger partial charge in [-0.25, -0.2) is 0 Å². The maximum absolute atomic E-state index is 6.66. The molecule has 18 heavy (non-hydrogen) atoms. The Morgan fingerprint density at radius 1 is 0.833 bits per heavy atom. The Kier molecular flexibility index (Phi) is 3.63. The van der Waals surface area contributed by atoms with Crippen LogP contribution in [0, 0.1) is 5.92 Å². The maximum Gasteiger partial charge on any atom is 0.0729 e. The fourth-order valence-corrected chi connectivity index (χ4v) is 3.77. The quantitative estimate of drug-likeness (QED) is 0.771. The second kappa shape index (κ2) is 5.08. The van der Waals surface area contributed by atoms with Gasteiger partial charge in [0.2, 0.25) is 0 Å². The van der Waals surface area contributed by atoms with Crippen molar-refractivity contribution in [3.8, 4) is 0 Å². The molecule has 2 N–H and O–H groups in total. The van der Waals surface area contributed by atoms with E-state index in [9.17, 15) is 0 Å². The number of ether oxygens (including phenoxy) is 3. The Balaban J connectivity index is 1.69. The fourth-order valence-electron chi connectivity index (χ4n) is 3.77. The van der Waals surface area contributed by atoms with Crippen LogP contribution in [-0.2, 0) is 14.2 Å². The Hall–Kier alpha value is -0.160. The van der Waals surface area contributed by atoms with Gasteiger partial charge in [0.25, 0.3) is 0 Å². The zero-order valence-electron chi connectivity index (χ0n) is 11.2. The van der Waals surface area contributed by atoms with Crippen LogP contribution in [0.15, 0.2) is 0 Å². The summed E-state index contributed by atoms with van der Waals surface area (Å²) in [6.45, 7) is 4.19. The van der Waals surface area contributed by atoms with Crippen LogP contribution in [0.5, 0.6) is 0 Å². The minimum Gasteiger partial charge on any atom is -0.381 e. The summed E-state index contributed by atoms with van der Waals surface area (Å²) in [5, 5.41) is 0. The molecule has 1 spiro atoms. The van der Waals surface area contributed by atoms with Gasteiger partial charge in [0.05, 0.1) is 5.60 Å². The van der Waals surface area contributed by atoms with Gasteiger partial charge in [0, 0.05) is 38.6 Å². The monoisotopic (exact) mass is 255 g/mol. The molecule has 3 saturated heterocycles. The van der Waals surface area contributed by atoms with Gasteiger partial charge in [-0.2, -0.15) is 0 Å². The molecule has 0 bridgehead atoms. The summed E-state index contributed by atoms with van der Waals surface area (Å²) in [5.41, 5.74) is 6.70. The minimum atomic E-state index is -0.0205. The van der Waals surface area contributed by atoms with Crippen molar-refractivity contribution < 1.29 is 14.2 Å². The largest absolute Gasteiger partial charge is 0.381 e. The van der Waals surface area contributed by atoms with Crippen LogP contribution < -0.4 is 5.73 Å². The molecule has 0 saturated carbocycles. The van der Waals surface area contributed by atoms with Crippen molar-refractivity contribution in [3.05, 3.63) is 0 Å². The predicted molar refractivity (Wildman–Crippen MR) is 68.4 cm³/mol. The topological polar surface area (TPSA) is 53.7 Å². The van der Waals surface area contributed by atoms with E-state index in [1.165, 1.54) is 0 Å². The lowest BCUT2D eigenvalue weighted by Crippen LogP contribution is -2.56. The standard InChI is InChI=1S/C14H25NO3/c15-14(4-9-17-10-5-14)12-1-6-18-13(11-12)2-7-16-8-3-13/h12H,1-11,15H2. The lowest BCUT2D eigenvalue weighted by Gasteiger charge is -2.49. The number of hydrogen-bond acceptors (Lipinski definition) is 4. The van der Waals surface area contributed by atoms with Crippen LogP contribution in [0.3, 0.4) is 0 Å². The second-order valence-electron chi connectivity index (χ2n) is 6.18. The van der Waals surface area contributed by atoms with Crippen LogP contribution in [0.4, 0.5) is 0 Å². The summed E-state index contributed by atoms with van der Waals surface area (Å²) in [7, 11) is 0. The van der Waals surface area contributed by atoms with Gasteiger partial charge in [0.15, 0.2) is 0 Å². The normalized spacial score (nSPS) is 35.5. The Bertz CT molecular complexity index is 264. The number of nitrogens with two attached hydrogens (primary N) is 1. The average Bonchev–Trinajstić information content (AvgIpc) is 2.41. The first kappa shape index (κ1) is 12.9. The van der Waals surface area contributed by atoms with Crippen LogP contribution in [0.1, 0.15) is 38.5 Å². The molecule has 3 heterocycles. The predicted octanol–water partition coefficient (Wildman–Crippen LogP) is 1.47. The van der Waals surface area contributed by atoms with Crippen molar-refractivity contribution in [2.45, 2.75) is 49.7 Å². The van der Waals surface area contributed by atoms with Crippen molar-refractivity contribution in [2.75, 3.05) is 33.0 Å². The molecule has 104 valence electrons. The highest BCUT2D eigenvalue weighted by Crippen LogP contribution is 2.42. The molecule has 1 atom stereocenters. The van der Waals surface area contributed by atoms with Crippen molar-refractivity contribution >= 4 is 0 Å². The Morgan fingerprint density at radius 2 is 1.44 bits per heavy atom. The third-order valence-corrected chi connectivity index (χ3v) is 5.13. The molecule has 4 heteroatoms. The molecule has 3 aliphatic heterocycles. The molecule has 3 fully saturated rings. The van der Waals surface area contributed by atoms with Gasteiger partial charge in [-0.3, -0.25) is 0 Å². The van der Waals surface area contributed by atoms with E-state index in [1.807, 2.05) is 0 Å². The molecule has 1 unspecified atom stereocenters. The third kappa shape index (κ3) is 2.44. The zero-order chi connectivity index (χ0) is 12.5. The van der Waals surface area contributed by atoms with Crippen LogP contribution in [0.2, 0.25) is 0 Å². The summed E-state index contributed by atoms with van der Waals surface area (Å²) < 4.78 is 17.0. The lowest BCUT2D eigenvalue weighted by molar-refractivity contribution is -0.158. The van der Waals surface area contributed by atoms with Gasteiger partial charge in [-0.1, -0.05) is 0 Å². The van der Waals surface area contributed by atoms with E-state index in [1.54, 1.807) is 0 Å². The van der Waals surface area contributed by atoms with Crippen LogP contribution in [0.25, 0.3) is 0 Å². The number of hydrogen-bond donors (Lipinski definition) is 1. The summed E-state index contributed by atoms with van der Waals surface area (Å²) in [6.07, 6.45) is 6.31. The van der Waals surface area contributed by atoms with E-state index in [-0.39, 0.29) is 11.1 Å². The molecule has 0 aromatic heterocycles. The second-order valence-corrected chi connectivity index (χ2v) is 6.18. The minimum absolute atomic E-state index is 0.0205. The van der Waals surface area contributed by atoms with Crippen molar-refractivity contribution in [3.63, 3.8) is 0 Å². The SMILES string of the molecule is NC1(C2CCOC3(CCOCC3)C2)CCOCC1. The smallest absolute Gasteiger partial charge is 0.0729 e. The molecule has 0 radical (unpaired) electrons. The van der Waals surface area contributed by atoms with Crippen LogP contribution >= 0.6 is 0 Å². The van der Waals surface area contributed by atoms with Crippen LogP contribution in [-0.4, -0.2) is 44.2 Å². The average molecular weight is 255 g/mol. The van der Waals surface area contributed by atoms with E-state index in [0.29, 0.717) is 5.92 Å². The molecule has 4 nitrogen and oxygen atoms in total. The molecule has 0 aliphatic carbocycles. The van der Waals surface area contributed by atoms with Gasteiger partial charge in [-0.15, -0.1) is 0 Å². The Morgan fingerprint density at radius 3 is 2.11 bits per heavy atom. The van der Waals surface area contributed by atoms with E-state index in [4.69, 9.17) is 19.9 Å². The molecular weight excluding hydrogens is 230 g/mol. The number of rotatable bonds is 1. The maximum atomic E-state index is 6.66. The summed E-state index contributed by atoms with van der Waals surface area (Å²) >= 11 is 0. The van der Waals surface area contributed by atoms with Crippen molar-refractivity contribution in [1.82, 2.24) is 0 Å². The zero-order valence-corrected chi connectivity index (χ0v) is 11.2. The van der Waals surface area contributed by atoms with E-state index in [2.05, 4.69) is 0 Å². The van der Waals surface area contributed by atoms with Crippen molar-refractivity contribution in [1.29, 1.82) is 0 Å². The summed E-state index contributed by atoms with van der Waals surface area (Å²) in [5.74, 6) is 0.591. The van der Waals surface area contributed by atoms with E-state index in [0.717, 1.165) is 71.6 Å². The van der Waals surface area contributed by atoms with E-state index >= 15 is 0 Å². The highest BCUT2D eigenvalue weighted by atomic mass is 16.5. The molecule has 0 aromatic rings. The van der Waals surface area contributed by atoms with Gasteiger partial charge >= 0.3 is 0 Å². The van der Waals surface area contributed by atoms with Gasteiger partial charge in [-0.05, 0) is 44.4 Å². The highest BCUT2D eigenvalue weighted by molar-refractivity contribution is 4.99. The highest BCUT2D eigenvalue weighted by Gasteiger charge is 2.46. The Labute approximate surface area is 109 Å². The van der Waals surface area contributed by atoms with Gasteiger partial charge < -0.3 is 19.9 Å². The first-order valence-electron chi connectivity index (χ1n) is 7.31. The molecule has 3 aliphatic rings. The first-order valence-corrected chi connectivity index (χ1v) is 7.31. The summed E-state index contributed by atoms with van der Waals surface area (Å²) in [4.78, 5) is 0. The molecule has 3 rings (SSSR count). The third-order valence-electron chi connectivity index (χ3n) is 5.13. The van der Waals surface area contributed by atoms with Crippen molar-refractivity contribution in [2.24, 2.45) is 11.7 Å². The van der Waals surface area contributed by atoms with E-state index < -0.39 is 0 Å². The fraction of sp³-hybridized carbons (Fsp3) is 1.00.